The van der Waals surface area contributed by atoms with Crippen molar-refractivity contribution in [3.05, 3.63) is 0 Å². The second-order valence-corrected chi connectivity index (χ2v) is 8.14. The molecule has 35 heavy (non-hydrogen) atoms. The normalized spacial score (nSPS) is 24.4. The topological polar surface area (TPSA) is 188 Å². The van der Waals surface area contributed by atoms with Crippen LogP contribution in [-0.4, -0.2) is 121 Å². The second-order valence-electron chi connectivity index (χ2n) is 7.12. The molecule has 1 aliphatic rings. The predicted octanol–water partition coefficient (Wildman–Crippen LogP) is -2.65. The van der Waals surface area contributed by atoms with E-state index in [-0.39, 0.29) is 13.2 Å². The Morgan fingerprint density at radius 2 is 1.63 bits per heavy atom. The van der Waals surface area contributed by atoms with Gasteiger partial charge in [0.2, 0.25) is 5.91 Å². The Morgan fingerprint density at radius 3 is 2.26 bits per heavy atom. The molecular formula is C19H34N6O8S2. The van der Waals surface area contributed by atoms with Crippen molar-refractivity contribution in [3.8, 4) is 0 Å². The van der Waals surface area contributed by atoms with Crippen LogP contribution >= 0.6 is 24.4 Å². The van der Waals surface area contributed by atoms with Crippen LogP contribution in [0, 0.1) is 0 Å². The Balaban J connectivity index is 2.11. The van der Waals surface area contributed by atoms with Crippen LogP contribution in [0.2, 0.25) is 0 Å². The molecule has 0 aromatic heterocycles. The molecule has 0 aromatic carbocycles. The first kappa shape index (κ1) is 31.1. The molecular weight excluding hydrogens is 504 g/mol. The van der Waals surface area contributed by atoms with Crippen LogP contribution < -0.4 is 21.5 Å². The van der Waals surface area contributed by atoms with Crippen LogP contribution in [0.15, 0.2) is 10.2 Å². The molecule has 1 fully saturated rings. The van der Waals surface area contributed by atoms with Crippen LogP contribution in [0.25, 0.3) is 0 Å². The van der Waals surface area contributed by atoms with E-state index in [2.05, 4.69) is 31.7 Å². The van der Waals surface area contributed by atoms with Gasteiger partial charge in [-0.25, -0.2) is 0 Å². The first-order valence-electron chi connectivity index (χ1n) is 10.8. The van der Waals surface area contributed by atoms with E-state index in [9.17, 15) is 20.1 Å². The molecule has 0 spiro atoms. The van der Waals surface area contributed by atoms with Gasteiger partial charge in [0.05, 0.1) is 57.1 Å². The first-order chi connectivity index (χ1) is 16.8. The number of hydrogen-bond acceptors (Lipinski definition) is 12. The largest absolute Gasteiger partial charge is 0.394 e. The Morgan fingerprint density at radius 1 is 1.00 bits per heavy atom. The van der Waals surface area contributed by atoms with E-state index in [4.69, 9.17) is 43.4 Å². The van der Waals surface area contributed by atoms with Crippen molar-refractivity contribution in [3.63, 3.8) is 0 Å². The van der Waals surface area contributed by atoms with E-state index in [1.165, 1.54) is 19.4 Å². The fourth-order valence-electron chi connectivity index (χ4n) is 2.73. The summed E-state index contributed by atoms with van der Waals surface area (Å²) in [5, 5.41) is 42.8. The highest BCUT2D eigenvalue weighted by atomic mass is 32.1. The van der Waals surface area contributed by atoms with Gasteiger partial charge >= 0.3 is 0 Å². The Kier molecular flexibility index (Phi) is 16.4. The number of hydrazone groups is 2. The zero-order valence-electron chi connectivity index (χ0n) is 19.6. The lowest BCUT2D eigenvalue weighted by Crippen LogP contribution is -2.64. The number of thiocarbonyl (C=S) groups is 2. The third-order valence-corrected chi connectivity index (χ3v) is 4.60. The lowest BCUT2D eigenvalue weighted by Gasteiger charge is -2.42. The number of aliphatic hydroxyl groups excluding tert-OH is 3. The molecule has 14 nitrogen and oxygen atoms in total. The lowest BCUT2D eigenvalue weighted by atomic mass is 9.97. The first-order valence-corrected chi connectivity index (χ1v) is 11.6. The number of carbonyl (C=O) groups is 1. The maximum absolute atomic E-state index is 11.4. The number of nitrogens with one attached hydrogen (secondary N) is 4. The van der Waals surface area contributed by atoms with Gasteiger partial charge in [-0.2, -0.15) is 10.2 Å². The number of ether oxygens (including phenoxy) is 4. The highest BCUT2D eigenvalue weighted by Gasteiger charge is 2.45. The maximum Gasteiger partial charge on any atom is 0.217 e. The molecule has 0 bridgehead atoms. The summed E-state index contributed by atoms with van der Waals surface area (Å²) in [4.78, 5) is 11.9. The second kappa shape index (κ2) is 18.4. The Hall–Kier alpha value is -1.89. The van der Waals surface area contributed by atoms with Crippen LogP contribution in [0.5, 0.6) is 0 Å². The highest BCUT2D eigenvalue weighted by Crippen LogP contribution is 2.22. The average Bonchev–Trinajstić information content (AvgIpc) is 2.81. The molecule has 1 saturated heterocycles. The molecule has 0 aromatic rings. The van der Waals surface area contributed by atoms with Gasteiger partial charge in [-0.1, -0.05) is 12.2 Å². The molecule has 200 valence electrons. The SMILES string of the molecule is CC(=O)NC1[C@H](OCCOCCOCCNC(=S)NN=CC=NNC(C)=S)OC(CO)[C@H](O)[C@@H]1O. The van der Waals surface area contributed by atoms with Gasteiger partial charge in [-0.3, -0.25) is 15.6 Å². The number of rotatable bonds is 15. The quantitative estimate of drug-likeness (QED) is 0.0496. The summed E-state index contributed by atoms with van der Waals surface area (Å²) in [6.07, 6.45) is -1.98. The number of aliphatic hydroxyl groups is 3. The zero-order chi connectivity index (χ0) is 26.1. The van der Waals surface area contributed by atoms with E-state index in [1.54, 1.807) is 6.92 Å². The van der Waals surface area contributed by atoms with Crippen molar-refractivity contribution in [2.75, 3.05) is 46.2 Å². The molecule has 5 atom stereocenters. The number of hydrogen-bond donors (Lipinski definition) is 7. The number of amides is 1. The summed E-state index contributed by atoms with van der Waals surface area (Å²) in [6, 6.07) is -0.988. The van der Waals surface area contributed by atoms with Crippen molar-refractivity contribution < 1.29 is 39.1 Å². The third-order valence-electron chi connectivity index (χ3n) is 4.27. The fourth-order valence-corrected chi connectivity index (χ4v) is 2.93. The van der Waals surface area contributed by atoms with Gasteiger partial charge in [0.15, 0.2) is 11.4 Å². The van der Waals surface area contributed by atoms with Crippen molar-refractivity contribution >= 4 is 52.9 Å². The summed E-state index contributed by atoms with van der Waals surface area (Å²) in [6.45, 7) is 4.27. The molecule has 1 aliphatic heterocycles. The third kappa shape index (κ3) is 13.7. The number of nitrogens with zero attached hydrogens (tertiary/aromatic N) is 2. The maximum atomic E-state index is 11.4. The molecule has 1 amide bonds. The van der Waals surface area contributed by atoms with Gasteiger partial charge in [-0.15, -0.1) is 0 Å². The summed E-state index contributed by atoms with van der Waals surface area (Å²) in [5.41, 5.74) is 5.20. The van der Waals surface area contributed by atoms with Crippen LogP contribution in [0.3, 0.4) is 0 Å². The summed E-state index contributed by atoms with van der Waals surface area (Å²) >= 11 is 9.84. The van der Waals surface area contributed by atoms with E-state index >= 15 is 0 Å². The van der Waals surface area contributed by atoms with Crippen molar-refractivity contribution in [2.24, 2.45) is 10.2 Å². The van der Waals surface area contributed by atoms with E-state index in [0.29, 0.717) is 36.5 Å². The van der Waals surface area contributed by atoms with Gasteiger partial charge in [0.25, 0.3) is 0 Å². The van der Waals surface area contributed by atoms with Crippen molar-refractivity contribution in [2.45, 2.75) is 44.5 Å². The molecule has 0 radical (unpaired) electrons. The fraction of sp³-hybridized carbons (Fsp3) is 0.737. The monoisotopic (exact) mass is 538 g/mol. The van der Waals surface area contributed by atoms with Crippen molar-refractivity contribution in [1.29, 1.82) is 0 Å². The van der Waals surface area contributed by atoms with Gasteiger partial charge in [0, 0.05) is 13.5 Å². The molecule has 2 unspecified atom stereocenters. The predicted molar refractivity (Wildman–Crippen MR) is 135 cm³/mol. The molecule has 1 rings (SSSR count). The van der Waals surface area contributed by atoms with Crippen molar-refractivity contribution in [1.82, 2.24) is 21.5 Å². The van der Waals surface area contributed by atoms with E-state index in [1.807, 2.05) is 0 Å². The van der Waals surface area contributed by atoms with Crippen LogP contribution in [-0.2, 0) is 23.7 Å². The average molecular weight is 539 g/mol. The minimum absolute atomic E-state index is 0.0929. The minimum atomic E-state index is -1.36. The number of carbonyl (C=O) groups excluding carboxylic acids is 1. The molecule has 7 N–H and O–H groups in total. The van der Waals surface area contributed by atoms with Crippen LogP contribution in [0.4, 0.5) is 0 Å². The molecule has 0 aliphatic carbocycles. The zero-order valence-corrected chi connectivity index (χ0v) is 21.2. The lowest BCUT2D eigenvalue weighted by molar-refractivity contribution is -0.272. The minimum Gasteiger partial charge on any atom is -0.394 e. The molecule has 1 heterocycles. The van der Waals surface area contributed by atoms with Gasteiger partial charge < -0.3 is 44.9 Å². The smallest absolute Gasteiger partial charge is 0.217 e. The molecule has 0 saturated carbocycles. The van der Waals surface area contributed by atoms with E-state index in [0.717, 1.165) is 0 Å². The summed E-state index contributed by atoms with van der Waals surface area (Å²) < 4.78 is 21.8. The summed E-state index contributed by atoms with van der Waals surface area (Å²) in [7, 11) is 0. The van der Waals surface area contributed by atoms with Crippen LogP contribution in [0.1, 0.15) is 13.8 Å². The Labute approximate surface area is 214 Å². The summed E-state index contributed by atoms with van der Waals surface area (Å²) in [5.74, 6) is -0.423. The molecule has 16 heteroatoms. The van der Waals surface area contributed by atoms with Gasteiger partial charge in [0.1, 0.15) is 24.4 Å². The Bertz CT molecular complexity index is 717. The highest BCUT2D eigenvalue weighted by molar-refractivity contribution is 7.80. The van der Waals surface area contributed by atoms with E-state index < -0.39 is 43.2 Å². The standard InChI is InChI=1S/C19H34N6O8S2/c1-12(27)23-15-17(29)16(28)14(11-26)33-18(15)32-10-9-31-8-7-30-6-5-20-19(35)25-22-4-3-21-24-13(2)34/h3-4,14-18,26,28-29H,5-11H2,1-2H3,(H,23,27)(H,24,34)(H2,20,25,35)/t14?,15?,16-,17+,18+/m0/s1. The van der Waals surface area contributed by atoms with Gasteiger partial charge in [-0.05, 0) is 19.1 Å².